The van der Waals surface area contributed by atoms with Gasteiger partial charge in [-0.3, -0.25) is 0 Å². The average molecular weight is 587 g/mol. The molecule has 0 N–H and O–H groups in total. The zero-order valence-corrected chi connectivity index (χ0v) is 21.3. The Bertz CT molecular complexity index is 1160. The molecule has 12 heteroatoms. The van der Waals surface area contributed by atoms with Gasteiger partial charge in [-0.05, 0) is 53.2 Å². The van der Waals surface area contributed by atoms with Crippen LogP contribution in [-0.4, -0.2) is 26.7 Å². The lowest BCUT2D eigenvalue weighted by Crippen LogP contribution is -2.37. The number of halogens is 4. The molecule has 0 atom stereocenters. The molecule has 0 spiro atoms. The summed E-state index contributed by atoms with van der Waals surface area (Å²) in [5.41, 5.74) is -0.279. The fourth-order valence-electron chi connectivity index (χ4n) is 2.30. The zero-order valence-electron chi connectivity index (χ0n) is 15.9. The number of sulfonamides is 2. The van der Waals surface area contributed by atoms with Crippen molar-refractivity contribution in [2.75, 3.05) is 3.71 Å². The minimum absolute atomic E-state index is 0.194. The lowest BCUT2D eigenvalue weighted by molar-refractivity contribution is 0.584. The van der Waals surface area contributed by atoms with E-state index in [4.69, 9.17) is 34.8 Å². The molecular weight excluding hydrogens is 571 g/mol. The van der Waals surface area contributed by atoms with Gasteiger partial charge in [0.25, 0.3) is 20.0 Å². The quantitative estimate of drug-likeness (QED) is 0.275. The Kier molecular flexibility index (Phi) is 9.17. The highest BCUT2D eigenvalue weighted by Crippen LogP contribution is 2.35. The molecule has 0 fully saturated rings. The van der Waals surface area contributed by atoms with Gasteiger partial charge in [0.2, 0.25) is 0 Å². The molecule has 31 heavy (non-hydrogen) atoms. The summed E-state index contributed by atoms with van der Waals surface area (Å²) in [6.07, 6.45) is 1.34. The molecule has 3 aromatic rings. The van der Waals surface area contributed by atoms with E-state index in [2.05, 4.69) is 20.9 Å². The second-order valence-electron chi connectivity index (χ2n) is 5.82. The molecule has 0 saturated carbocycles. The van der Waals surface area contributed by atoms with Gasteiger partial charge in [0.15, 0.2) is 5.15 Å². The first-order valence-corrected chi connectivity index (χ1v) is 13.4. The van der Waals surface area contributed by atoms with Crippen molar-refractivity contribution in [3.63, 3.8) is 0 Å². The van der Waals surface area contributed by atoms with E-state index < -0.39 is 20.0 Å². The molecule has 0 bridgehead atoms. The monoisotopic (exact) mass is 584 g/mol. The molecule has 1 heterocycles. The Balaban J connectivity index is 0.000000785. The van der Waals surface area contributed by atoms with E-state index in [1.165, 1.54) is 60.8 Å². The van der Waals surface area contributed by atoms with Crippen molar-refractivity contribution in [3.8, 4) is 0 Å². The van der Waals surface area contributed by atoms with Crippen LogP contribution >= 0.6 is 50.7 Å². The molecule has 0 radical (unpaired) electrons. The largest absolute Gasteiger partial charge is 0.277 e. The SMILES string of the molecule is CC(Cl)Cl.O=S(=O)(c1ccccc1)N(c1cc(Br)cnc1Cl)S(=O)(=O)c1ccccc1. The highest BCUT2D eigenvalue weighted by Gasteiger charge is 2.38. The van der Waals surface area contributed by atoms with Crippen LogP contribution in [0.3, 0.4) is 0 Å². The number of aromatic nitrogens is 1. The molecule has 3 rings (SSSR count). The Morgan fingerprint density at radius 2 is 1.26 bits per heavy atom. The maximum absolute atomic E-state index is 13.3. The summed E-state index contributed by atoms with van der Waals surface area (Å²) >= 11 is 19.3. The van der Waals surface area contributed by atoms with Crippen molar-refractivity contribution in [3.05, 3.63) is 82.6 Å². The van der Waals surface area contributed by atoms with Gasteiger partial charge in [0.1, 0.15) is 10.5 Å². The average Bonchev–Trinajstić information content (AvgIpc) is 2.71. The van der Waals surface area contributed by atoms with Gasteiger partial charge < -0.3 is 0 Å². The van der Waals surface area contributed by atoms with Gasteiger partial charge in [-0.15, -0.1) is 23.2 Å². The fourth-order valence-corrected chi connectivity index (χ4v) is 6.64. The molecule has 0 aliphatic heterocycles. The molecule has 166 valence electrons. The van der Waals surface area contributed by atoms with Crippen molar-refractivity contribution >= 4 is 76.5 Å². The summed E-state index contributed by atoms with van der Waals surface area (Å²) in [5, 5.41) is -0.266. The third-order valence-electron chi connectivity index (χ3n) is 3.50. The van der Waals surface area contributed by atoms with Crippen LogP contribution in [0.2, 0.25) is 5.15 Å². The standard InChI is InChI=1S/C17H12BrClN2O4S2.C2H4Cl2/c18-13-11-16(17(19)20-12-13)21(26(22,23)14-7-3-1-4-8-14)27(24,25)15-9-5-2-6-10-15;1-2(3)4/h1-12H;2H,1H3. The van der Waals surface area contributed by atoms with Crippen molar-refractivity contribution in [2.45, 2.75) is 21.6 Å². The van der Waals surface area contributed by atoms with Gasteiger partial charge >= 0.3 is 0 Å². The number of benzene rings is 2. The molecule has 2 aromatic carbocycles. The summed E-state index contributed by atoms with van der Waals surface area (Å²) < 4.78 is 53.7. The molecule has 0 amide bonds. The predicted octanol–water partition coefficient (Wildman–Crippen LogP) is 5.89. The van der Waals surface area contributed by atoms with Gasteiger partial charge in [-0.2, -0.15) is 3.71 Å². The molecular formula is C19H16BrCl3N2O4S2. The van der Waals surface area contributed by atoms with E-state index in [0.717, 1.165) is 0 Å². The Labute approximate surface area is 205 Å². The Morgan fingerprint density at radius 1 is 0.871 bits per heavy atom. The number of alkyl halides is 2. The minimum Gasteiger partial charge on any atom is -0.241 e. The van der Waals surface area contributed by atoms with Crippen molar-refractivity contribution in [1.82, 2.24) is 4.98 Å². The number of anilines is 1. The third-order valence-corrected chi connectivity index (χ3v) is 8.41. The van der Waals surface area contributed by atoms with Crippen LogP contribution in [0.15, 0.2) is 87.2 Å². The number of rotatable bonds is 5. The maximum atomic E-state index is 13.3. The first-order chi connectivity index (χ1) is 14.5. The van der Waals surface area contributed by atoms with Gasteiger partial charge in [-0.25, -0.2) is 21.8 Å². The lowest BCUT2D eigenvalue weighted by atomic mass is 10.4. The molecule has 1 aromatic heterocycles. The van der Waals surface area contributed by atoms with Crippen LogP contribution in [0.25, 0.3) is 0 Å². The van der Waals surface area contributed by atoms with Gasteiger partial charge in [-0.1, -0.05) is 48.0 Å². The third kappa shape index (κ3) is 6.57. The van der Waals surface area contributed by atoms with Gasteiger partial charge in [0, 0.05) is 10.7 Å². The first-order valence-electron chi connectivity index (χ1n) is 8.47. The van der Waals surface area contributed by atoms with E-state index in [-0.39, 0.29) is 25.5 Å². The lowest BCUT2D eigenvalue weighted by Gasteiger charge is -2.24. The summed E-state index contributed by atoms with van der Waals surface area (Å²) in [4.78, 5) is 3.25. The van der Waals surface area contributed by atoms with E-state index in [0.29, 0.717) is 8.18 Å². The molecule has 0 aliphatic carbocycles. The van der Waals surface area contributed by atoms with Crippen LogP contribution in [0, 0.1) is 0 Å². The number of pyridine rings is 1. The van der Waals surface area contributed by atoms with Crippen molar-refractivity contribution < 1.29 is 16.8 Å². The topological polar surface area (TPSA) is 84.4 Å². The fraction of sp³-hybridized carbons (Fsp3) is 0.105. The Hall–Kier alpha value is -1.36. The second-order valence-corrected chi connectivity index (χ2v) is 12.4. The molecule has 0 saturated heterocycles. The summed E-state index contributed by atoms with van der Waals surface area (Å²) in [7, 11) is -9.00. The summed E-state index contributed by atoms with van der Waals surface area (Å²) in [6.45, 7) is 1.70. The van der Waals surface area contributed by atoms with Gasteiger partial charge in [0.05, 0.1) is 9.79 Å². The maximum Gasteiger partial charge on any atom is 0.277 e. The van der Waals surface area contributed by atoms with Crippen LogP contribution in [-0.2, 0) is 20.0 Å². The highest BCUT2D eigenvalue weighted by atomic mass is 79.9. The van der Waals surface area contributed by atoms with E-state index >= 15 is 0 Å². The molecule has 0 unspecified atom stereocenters. The van der Waals surface area contributed by atoms with E-state index in [1.807, 2.05) is 0 Å². The molecule has 0 aliphatic rings. The molecule has 6 nitrogen and oxygen atoms in total. The van der Waals surface area contributed by atoms with Crippen LogP contribution in [0.1, 0.15) is 6.92 Å². The van der Waals surface area contributed by atoms with Crippen LogP contribution in [0.5, 0.6) is 0 Å². The smallest absolute Gasteiger partial charge is 0.241 e. The van der Waals surface area contributed by atoms with E-state index in [1.54, 1.807) is 19.1 Å². The summed E-state index contributed by atoms with van der Waals surface area (Å²) in [5.74, 6) is 0. The number of hydrogen-bond acceptors (Lipinski definition) is 5. The van der Waals surface area contributed by atoms with Crippen molar-refractivity contribution in [1.29, 1.82) is 0 Å². The summed E-state index contributed by atoms with van der Waals surface area (Å²) in [6, 6.07) is 15.8. The highest BCUT2D eigenvalue weighted by molar-refractivity contribution is 9.10. The predicted molar refractivity (Wildman–Crippen MR) is 128 cm³/mol. The second kappa shape index (κ2) is 11.0. The van der Waals surface area contributed by atoms with Crippen LogP contribution < -0.4 is 3.71 Å². The number of nitrogens with zero attached hydrogens (tertiary/aromatic N) is 2. The minimum atomic E-state index is -4.50. The zero-order chi connectivity index (χ0) is 23.2. The first kappa shape index (κ1) is 25.9. The number of hydrogen-bond donors (Lipinski definition) is 0. The van der Waals surface area contributed by atoms with Crippen molar-refractivity contribution in [2.24, 2.45) is 0 Å². The Morgan fingerprint density at radius 3 is 1.65 bits per heavy atom. The van der Waals surface area contributed by atoms with E-state index in [9.17, 15) is 16.8 Å². The van der Waals surface area contributed by atoms with Crippen LogP contribution in [0.4, 0.5) is 5.69 Å². The normalized spacial score (nSPS) is 11.5.